The number of benzene rings is 5. The normalized spacial score (nSPS) is 22.7. The highest BCUT2D eigenvalue weighted by Gasteiger charge is 2.61. The second-order valence-electron chi connectivity index (χ2n) is 9.52. The average Bonchev–Trinajstić information content (AvgIpc) is 3.40. The largest absolute Gasteiger partial charge is 0.441 e. The van der Waals surface area contributed by atoms with Crippen LogP contribution in [0.2, 0.25) is 0 Å². The average molecular weight is 466 g/mol. The van der Waals surface area contributed by atoms with Gasteiger partial charge in [0.15, 0.2) is 11.2 Å². The van der Waals surface area contributed by atoms with Gasteiger partial charge in [0, 0.05) is 33.4 Å². The van der Waals surface area contributed by atoms with Crippen LogP contribution in [0.25, 0.3) is 10.8 Å². The maximum Gasteiger partial charge on any atom is 0.340 e. The van der Waals surface area contributed by atoms with Gasteiger partial charge in [-0.25, -0.2) is 9.59 Å². The number of ether oxygens (including phenoxy) is 2. The van der Waals surface area contributed by atoms with Gasteiger partial charge in [-0.05, 0) is 35.0 Å². The first-order chi connectivity index (χ1) is 17.6. The molecule has 36 heavy (non-hydrogen) atoms. The third-order valence-corrected chi connectivity index (χ3v) is 7.87. The lowest BCUT2D eigenvalue weighted by molar-refractivity contribution is 0.00748. The van der Waals surface area contributed by atoms with Crippen molar-refractivity contribution in [2.75, 3.05) is 0 Å². The quantitative estimate of drug-likeness (QED) is 0.260. The minimum absolute atomic E-state index is 0.362. The van der Waals surface area contributed by atoms with E-state index in [0.29, 0.717) is 11.1 Å². The molecule has 170 valence electrons. The standard InChI is InChI=1S/C32H18O4/c33-29-21-11-3-5-13-23(21)31(35-29)25-15-7-8-16-26(25)32(24-14-6-4-12-22(24)30(34)36-32)28-18-20-10-2-1-9-19(20)17-27(28)31/h1-18H. The number of rotatable bonds is 0. The number of hydrogen-bond donors (Lipinski definition) is 0. The number of esters is 2. The Balaban J connectivity index is 1.60. The summed E-state index contributed by atoms with van der Waals surface area (Å²) in [6.07, 6.45) is 0. The molecule has 0 amide bonds. The van der Waals surface area contributed by atoms with E-state index in [1.807, 2.05) is 97.1 Å². The Morgan fingerprint density at radius 2 is 0.778 bits per heavy atom. The first kappa shape index (κ1) is 19.6. The lowest BCUT2D eigenvalue weighted by Gasteiger charge is -2.45. The van der Waals surface area contributed by atoms with Gasteiger partial charge in [0.1, 0.15) is 0 Å². The summed E-state index contributed by atoms with van der Waals surface area (Å²) < 4.78 is 12.8. The van der Waals surface area contributed by atoms with Crippen LogP contribution in [0, 0.1) is 0 Å². The van der Waals surface area contributed by atoms with Crippen molar-refractivity contribution in [2.24, 2.45) is 0 Å². The van der Waals surface area contributed by atoms with Gasteiger partial charge in [0.25, 0.3) is 0 Å². The minimum atomic E-state index is -1.15. The number of hydrogen-bond acceptors (Lipinski definition) is 4. The van der Waals surface area contributed by atoms with E-state index in [2.05, 4.69) is 12.1 Å². The predicted molar refractivity (Wildman–Crippen MR) is 134 cm³/mol. The highest BCUT2D eigenvalue weighted by molar-refractivity contribution is 6.00. The van der Waals surface area contributed by atoms with Crippen molar-refractivity contribution < 1.29 is 19.1 Å². The Morgan fingerprint density at radius 3 is 1.22 bits per heavy atom. The van der Waals surface area contributed by atoms with Crippen molar-refractivity contribution in [3.05, 3.63) is 154 Å². The van der Waals surface area contributed by atoms with Crippen molar-refractivity contribution in [1.82, 2.24) is 0 Å². The van der Waals surface area contributed by atoms with Gasteiger partial charge in [-0.1, -0.05) is 84.9 Å². The molecule has 3 aliphatic rings. The first-order valence-corrected chi connectivity index (χ1v) is 11.9. The predicted octanol–water partition coefficient (Wildman–Crippen LogP) is 6.08. The summed E-state index contributed by atoms with van der Waals surface area (Å²) in [6, 6.07) is 35.2. The molecule has 4 nitrogen and oxygen atoms in total. The summed E-state index contributed by atoms with van der Waals surface area (Å²) in [6.45, 7) is 0. The third kappa shape index (κ3) is 2.12. The van der Waals surface area contributed by atoms with Gasteiger partial charge < -0.3 is 9.47 Å². The Bertz CT molecular complexity index is 1670. The topological polar surface area (TPSA) is 52.6 Å². The van der Waals surface area contributed by atoms with Crippen LogP contribution in [0.3, 0.4) is 0 Å². The van der Waals surface area contributed by atoms with Gasteiger partial charge in [-0.3, -0.25) is 0 Å². The molecule has 0 aromatic heterocycles. The van der Waals surface area contributed by atoms with E-state index in [-0.39, 0.29) is 11.9 Å². The third-order valence-electron chi connectivity index (χ3n) is 7.87. The number of carbonyl (C=O) groups excluding carboxylic acids is 2. The zero-order valence-electron chi connectivity index (χ0n) is 19.0. The maximum atomic E-state index is 13.3. The van der Waals surface area contributed by atoms with Crippen LogP contribution in [0.4, 0.5) is 0 Å². The molecule has 2 spiro atoms. The summed E-state index contributed by atoms with van der Waals surface area (Å²) >= 11 is 0. The summed E-state index contributed by atoms with van der Waals surface area (Å²) in [5.74, 6) is -0.724. The van der Waals surface area contributed by atoms with E-state index in [1.54, 1.807) is 0 Å². The van der Waals surface area contributed by atoms with Crippen LogP contribution in [-0.2, 0) is 20.7 Å². The summed E-state index contributed by atoms with van der Waals surface area (Å²) in [5, 5.41) is 2.03. The van der Waals surface area contributed by atoms with Crippen molar-refractivity contribution in [3.63, 3.8) is 0 Å². The van der Waals surface area contributed by atoms with E-state index in [9.17, 15) is 9.59 Å². The highest BCUT2D eigenvalue weighted by Crippen LogP contribution is 2.61. The molecular weight excluding hydrogens is 448 g/mol. The van der Waals surface area contributed by atoms with E-state index in [0.717, 1.165) is 44.2 Å². The Labute approximate surface area is 206 Å². The zero-order valence-corrected chi connectivity index (χ0v) is 19.0. The van der Waals surface area contributed by atoms with E-state index < -0.39 is 11.2 Å². The SMILES string of the molecule is O=C1OC2(c3ccccc31)c1ccccc1C1(OC(=O)c3ccccc31)c1cc3ccccc3cc12. The van der Waals surface area contributed by atoms with Crippen LogP contribution < -0.4 is 0 Å². The van der Waals surface area contributed by atoms with Gasteiger partial charge in [-0.2, -0.15) is 0 Å². The molecule has 2 unspecified atom stereocenters. The molecule has 1 aliphatic carbocycles. The fourth-order valence-corrected chi connectivity index (χ4v) is 6.44. The fourth-order valence-electron chi connectivity index (χ4n) is 6.44. The maximum absolute atomic E-state index is 13.3. The Morgan fingerprint density at radius 1 is 0.417 bits per heavy atom. The zero-order chi connectivity index (χ0) is 24.1. The monoisotopic (exact) mass is 466 g/mol. The first-order valence-electron chi connectivity index (χ1n) is 11.9. The van der Waals surface area contributed by atoms with E-state index in [4.69, 9.17) is 9.47 Å². The van der Waals surface area contributed by atoms with E-state index in [1.165, 1.54) is 0 Å². The van der Waals surface area contributed by atoms with Crippen LogP contribution in [0.15, 0.2) is 109 Å². The number of carbonyl (C=O) groups is 2. The van der Waals surface area contributed by atoms with Crippen molar-refractivity contribution >= 4 is 22.7 Å². The molecule has 0 fully saturated rings. The second kappa shape index (κ2) is 6.49. The molecule has 5 aromatic rings. The second-order valence-corrected chi connectivity index (χ2v) is 9.52. The van der Waals surface area contributed by atoms with Crippen LogP contribution in [0.5, 0.6) is 0 Å². The van der Waals surface area contributed by atoms with Crippen LogP contribution >= 0.6 is 0 Å². The van der Waals surface area contributed by atoms with Gasteiger partial charge >= 0.3 is 11.9 Å². The van der Waals surface area contributed by atoms with Crippen molar-refractivity contribution in [2.45, 2.75) is 11.2 Å². The summed E-state index contributed by atoms with van der Waals surface area (Å²) in [5.41, 5.74) is 3.60. The Hall–Kier alpha value is -4.70. The molecule has 0 radical (unpaired) electrons. The smallest absolute Gasteiger partial charge is 0.340 e. The van der Waals surface area contributed by atoms with Crippen LogP contribution in [-0.4, -0.2) is 11.9 Å². The molecule has 0 saturated carbocycles. The molecule has 2 aliphatic heterocycles. The molecule has 8 rings (SSSR count). The summed E-state index contributed by atoms with van der Waals surface area (Å²) in [4.78, 5) is 26.6. The molecular formula is C32H18O4. The van der Waals surface area contributed by atoms with Crippen molar-refractivity contribution in [1.29, 1.82) is 0 Å². The summed E-state index contributed by atoms with van der Waals surface area (Å²) in [7, 11) is 0. The van der Waals surface area contributed by atoms with Gasteiger partial charge in [0.05, 0.1) is 11.1 Å². The lowest BCUT2D eigenvalue weighted by Crippen LogP contribution is -2.44. The van der Waals surface area contributed by atoms with Crippen molar-refractivity contribution in [3.8, 4) is 0 Å². The fraction of sp³-hybridized carbons (Fsp3) is 0.0625. The Kier molecular flexibility index (Phi) is 3.53. The molecule has 4 heteroatoms. The van der Waals surface area contributed by atoms with Crippen LogP contribution in [0.1, 0.15) is 54.1 Å². The molecule has 0 saturated heterocycles. The molecule has 0 bridgehead atoms. The molecule has 5 aromatic carbocycles. The molecule has 2 heterocycles. The molecule has 0 N–H and O–H groups in total. The van der Waals surface area contributed by atoms with Gasteiger partial charge in [-0.15, -0.1) is 0 Å². The van der Waals surface area contributed by atoms with Gasteiger partial charge in [0.2, 0.25) is 0 Å². The minimum Gasteiger partial charge on any atom is -0.441 e. The lowest BCUT2D eigenvalue weighted by atomic mass is 9.63. The highest BCUT2D eigenvalue weighted by atomic mass is 16.6. The molecule has 2 atom stereocenters. The van der Waals surface area contributed by atoms with E-state index >= 15 is 0 Å². The number of fused-ring (bicyclic) bond motifs is 11.